The predicted octanol–water partition coefficient (Wildman–Crippen LogP) is 2.59. The Bertz CT molecular complexity index is 399. The zero-order valence-electron chi connectivity index (χ0n) is 7.25. The van der Waals surface area contributed by atoms with Gasteiger partial charge in [-0.25, -0.2) is 0 Å². The highest BCUT2D eigenvalue weighted by Gasteiger charge is 1.91. The van der Waals surface area contributed by atoms with Crippen molar-refractivity contribution in [2.75, 3.05) is 0 Å². The maximum Gasteiger partial charge on any atom is 0.0966 e. The third kappa shape index (κ3) is 2.51. The minimum Gasteiger partial charge on any atom is -0.197 e. The number of nitrogens with zero attached hydrogens (tertiary/aromatic N) is 1. The van der Waals surface area contributed by atoms with Gasteiger partial charge < -0.3 is 0 Å². The van der Waals surface area contributed by atoms with E-state index in [-0.39, 0.29) is 6.42 Å². The molecule has 0 saturated carbocycles. The zero-order chi connectivity index (χ0) is 9.52. The van der Waals surface area contributed by atoms with Gasteiger partial charge in [0.1, 0.15) is 0 Å². The predicted molar refractivity (Wildman–Crippen MR) is 53.6 cm³/mol. The Balaban J connectivity index is 2.97. The molecule has 1 heteroatoms. The fourth-order valence-corrected chi connectivity index (χ4v) is 0.968. The molecule has 0 aliphatic rings. The molecule has 0 fully saturated rings. The fraction of sp³-hybridized carbons (Fsp3) is 0.0833. The normalized spacial score (nSPS) is 7.92. The molecule has 0 N–H and O–H groups in total. The Morgan fingerprint density at radius 1 is 1.38 bits per heavy atom. The topological polar surface area (TPSA) is 23.8 Å². The van der Waals surface area contributed by atoms with E-state index in [2.05, 4.69) is 18.4 Å². The molecule has 62 valence electrons. The van der Waals surface area contributed by atoms with E-state index in [9.17, 15) is 0 Å². The summed E-state index contributed by atoms with van der Waals surface area (Å²) in [7, 11) is 0. The molecule has 0 saturated heterocycles. The number of nitriles is 1. The minimum absolute atomic E-state index is 0.269. The average Bonchev–Trinajstić information content (AvgIpc) is 2.19. The van der Waals surface area contributed by atoms with Crippen molar-refractivity contribution in [3.63, 3.8) is 0 Å². The Morgan fingerprint density at radius 2 is 2.15 bits per heavy atom. The second kappa shape index (κ2) is 4.80. The van der Waals surface area contributed by atoms with Crippen LogP contribution in [-0.4, -0.2) is 0 Å². The molecule has 1 rings (SSSR count). The molecule has 0 aliphatic heterocycles. The summed E-state index contributed by atoms with van der Waals surface area (Å²) in [6, 6.07) is 9.70. The number of benzene rings is 1. The monoisotopic (exact) mass is 167 g/mol. The van der Waals surface area contributed by atoms with Crippen molar-refractivity contribution in [1.29, 1.82) is 5.26 Å². The first-order valence-electron chi connectivity index (χ1n) is 3.95. The molecule has 0 radical (unpaired) electrons. The fourth-order valence-electron chi connectivity index (χ4n) is 0.968. The molecule has 0 spiro atoms. The van der Waals surface area contributed by atoms with Crippen molar-refractivity contribution in [2.24, 2.45) is 0 Å². The van der Waals surface area contributed by atoms with E-state index in [1.807, 2.05) is 30.3 Å². The Morgan fingerprint density at radius 3 is 2.85 bits per heavy atom. The van der Waals surface area contributed by atoms with Crippen LogP contribution in [0.4, 0.5) is 0 Å². The summed E-state index contributed by atoms with van der Waals surface area (Å²) >= 11 is 0. The van der Waals surface area contributed by atoms with Crippen LogP contribution < -0.4 is 0 Å². The Kier molecular flexibility index (Phi) is 3.36. The van der Waals surface area contributed by atoms with Crippen molar-refractivity contribution >= 4 is 6.08 Å². The molecule has 0 atom stereocenters. The highest BCUT2D eigenvalue weighted by atomic mass is 14.2. The van der Waals surface area contributed by atoms with Crippen LogP contribution in [0.5, 0.6) is 0 Å². The van der Waals surface area contributed by atoms with Crippen molar-refractivity contribution < 1.29 is 0 Å². The first kappa shape index (κ1) is 9.10. The maximum absolute atomic E-state index is 8.30. The molecule has 1 nitrogen and oxygen atoms in total. The molecule has 0 unspecified atom stereocenters. The standard InChI is InChI=1S/C12H9N/c1-2-11-7-3-4-8-12(11)9-5-6-10-13/h2-4,7-8H,1,6H2. The van der Waals surface area contributed by atoms with Gasteiger partial charge in [-0.15, -0.1) is 0 Å². The van der Waals surface area contributed by atoms with Crippen LogP contribution in [0.3, 0.4) is 0 Å². The van der Waals surface area contributed by atoms with Crippen LogP contribution >= 0.6 is 0 Å². The van der Waals surface area contributed by atoms with Crippen LogP contribution in [0.2, 0.25) is 0 Å². The quantitative estimate of drug-likeness (QED) is 0.590. The lowest BCUT2D eigenvalue weighted by atomic mass is 10.1. The summed E-state index contributed by atoms with van der Waals surface area (Å²) in [4.78, 5) is 0. The van der Waals surface area contributed by atoms with Gasteiger partial charge >= 0.3 is 0 Å². The molecule has 1 aromatic rings. The highest BCUT2D eigenvalue weighted by Crippen LogP contribution is 2.07. The van der Waals surface area contributed by atoms with Gasteiger partial charge in [0.05, 0.1) is 12.5 Å². The van der Waals surface area contributed by atoms with E-state index in [4.69, 9.17) is 5.26 Å². The van der Waals surface area contributed by atoms with E-state index in [1.165, 1.54) is 0 Å². The molecular weight excluding hydrogens is 158 g/mol. The third-order valence-corrected chi connectivity index (χ3v) is 1.57. The molecular formula is C12H9N. The molecule has 0 aromatic heterocycles. The van der Waals surface area contributed by atoms with Crippen LogP contribution in [0.1, 0.15) is 17.5 Å². The van der Waals surface area contributed by atoms with Crippen molar-refractivity contribution in [3.05, 3.63) is 42.0 Å². The summed E-state index contributed by atoms with van der Waals surface area (Å²) in [5.41, 5.74) is 1.93. The van der Waals surface area contributed by atoms with Gasteiger partial charge in [0.25, 0.3) is 0 Å². The molecule has 1 aromatic carbocycles. The Hall–Kier alpha value is -1.99. The molecule has 13 heavy (non-hydrogen) atoms. The third-order valence-electron chi connectivity index (χ3n) is 1.57. The summed E-state index contributed by atoms with van der Waals surface area (Å²) in [6.07, 6.45) is 2.03. The minimum atomic E-state index is 0.269. The largest absolute Gasteiger partial charge is 0.197 e. The van der Waals surface area contributed by atoms with Gasteiger partial charge in [0, 0.05) is 5.56 Å². The summed E-state index contributed by atoms with van der Waals surface area (Å²) in [6.45, 7) is 3.69. The summed E-state index contributed by atoms with van der Waals surface area (Å²) < 4.78 is 0. The van der Waals surface area contributed by atoms with E-state index in [1.54, 1.807) is 6.08 Å². The molecule has 0 heterocycles. The highest BCUT2D eigenvalue weighted by molar-refractivity contribution is 5.57. The van der Waals surface area contributed by atoms with Crippen LogP contribution in [0.25, 0.3) is 6.08 Å². The first-order valence-corrected chi connectivity index (χ1v) is 3.95. The smallest absolute Gasteiger partial charge is 0.0966 e. The van der Waals surface area contributed by atoms with Crippen LogP contribution in [0.15, 0.2) is 30.8 Å². The van der Waals surface area contributed by atoms with Gasteiger partial charge in [-0.1, -0.05) is 42.7 Å². The lowest BCUT2D eigenvalue weighted by Crippen LogP contribution is -1.79. The van der Waals surface area contributed by atoms with Crippen LogP contribution in [-0.2, 0) is 0 Å². The van der Waals surface area contributed by atoms with E-state index >= 15 is 0 Å². The second-order valence-corrected chi connectivity index (χ2v) is 2.43. The Labute approximate surface area is 78.3 Å². The van der Waals surface area contributed by atoms with E-state index in [0.29, 0.717) is 0 Å². The van der Waals surface area contributed by atoms with Crippen molar-refractivity contribution in [3.8, 4) is 17.9 Å². The lowest BCUT2D eigenvalue weighted by Gasteiger charge is -1.95. The van der Waals surface area contributed by atoms with Gasteiger partial charge in [-0.2, -0.15) is 5.26 Å². The van der Waals surface area contributed by atoms with Gasteiger partial charge in [-0.3, -0.25) is 0 Å². The zero-order valence-corrected chi connectivity index (χ0v) is 7.25. The SMILES string of the molecule is C=Cc1ccccc1C#CCC#N. The molecule has 0 amide bonds. The van der Waals surface area contributed by atoms with Gasteiger partial charge in [-0.05, 0) is 11.6 Å². The second-order valence-electron chi connectivity index (χ2n) is 2.43. The first-order chi connectivity index (χ1) is 6.38. The number of rotatable bonds is 1. The molecule has 0 aliphatic carbocycles. The van der Waals surface area contributed by atoms with Gasteiger partial charge in [0.15, 0.2) is 0 Å². The molecule has 0 bridgehead atoms. The summed E-state index contributed by atoms with van der Waals surface area (Å²) in [5, 5.41) is 8.30. The van der Waals surface area contributed by atoms with Crippen molar-refractivity contribution in [2.45, 2.75) is 6.42 Å². The lowest BCUT2D eigenvalue weighted by molar-refractivity contribution is 1.39. The van der Waals surface area contributed by atoms with Crippen LogP contribution in [0, 0.1) is 23.2 Å². The van der Waals surface area contributed by atoms with Crippen molar-refractivity contribution in [1.82, 2.24) is 0 Å². The van der Waals surface area contributed by atoms with Gasteiger partial charge in [0.2, 0.25) is 0 Å². The average molecular weight is 167 g/mol. The number of hydrogen-bond acceptors (Lipinski definition) is 1. The maximum atomic E-state index is 8.30. The van der Waals surface area contributed by atoms with E-state index < -0.39 is 0 Å². The summed E-state index contributed by atoms with van der Waals surface area (Å²) in [5.74, 6) is 5.69. The number of hydrogen-bond donors (Lipinski definition) is 0. The van der Waals surface area contributed by atoms with E-state index in [0.717, 1.165) is 11.1 Å².